The largest absolute Gasteiger partial charge is 0.379 e. The first-order valence-electron chi connectivity index (χ1n) is 13.4. The van der Waals surface area contributed by atoms with Crippen LogP contribution in [0.25, 0.3) is 0 Å². The van der Waals surface area contributed by atoms with E-state index >= 15 is 0 Å². The molecular formula is C24H53N9O. The van der Waals surface area contributed by atoms with Gasteiger partial charge < -0.3 is 42.0 Å². The Bertz CT molecular complexity index is 351. The van der Waals surface area contributed by atoms with Gasteiger partial charge in [-0.1, -0.05) is 12.5 Å². The number of rotatable bonds is 0. The minimum atomic E-state index is 0.889. The number of ether oxygens (including phenoxy) is 1. The molecule has 0 atom stereocenters. The molecule has 10 heteroatoms. The SMILES string of the molecule is C1=CNCNC1.C1=NCCN1.C1CCNC1.C1CCNCC1.C1CNCCN1.C1COCCN1. The molecule has 0 bridgehead atoms. The Kier molecular flexibility index (Phi) is 25.3. The van der Waals surface area contributed by atoms with E-state index in [1.54, 1.807) is 6.34 Å². The number of hydrogen-bond acceptors (Lipinski definition) is 10. The number of piperazine rings is 1. The number of piperidine rings is 1. The average molecular weight is 484 g/mol. The molecule has 6 rings (SSSR count). The normalized spacial score (nSPS) is 22.6. The molecule has 0 aromatic rings. The van der Waals surface area contributed by atoms with Crippen molar-refractivity contribution in [2.24, 2.45) is 4.99 Å². The van der Waals surface area contributed by atoms with Crippen LogP contribution < -0.4 is 42.5 Å². The Morgan fingerprint density at radius 2 is 1.09 bits per heavy atom. The fraction of sp³-hybridized carbons (Fsp3) is 0.875. The molecule has 200 valence electrons. The van der Waals surface area contributed by atoms with E-state index in [0.717, 1.165) is 78.8 Å². The molecule has 0 radical (unpaired) electrons. The molecule has 0 saturated carbocycles. The van der Waals surface area contributed by atoms with Crippen molar-refractivity contribution in [2.45, 2.75) is 32.1 Å². The van der Waals surface area contributed by atoms with E-state index in [0.29, 0.717) is 0 Å². The Hall–Kier alpha value is -1.27. The summed E-state index contributed by atoms with van der Waals surface area (Å²) in [5.41, 5.74) is 0. The van der Waals surface area contributed by atoms with Crippen LogP contribution in [0.1, 0.15) is 32.1 Å². The molecule has 6 aliphatic heterocycles. The number of nitrogens with one attached hydrogen (secondary N) is 8. The topological polar surface area (TPSA) is 118 Å². The van der Waals surface area contributed by atoms with Gasteiger partial charge in [0.1, 0.15) is 0 Å². The highest BCUT2D eigenvalue weighted by Gasteiger charge is 1.94. The van der Waals surface area contributed by atoms with Gasteiger partial charge in [-0.15, -0.1) is 0 Å². The van der Waals surface area contributed by atoms with Crippen molar-refractivity contribution in [3.63, 3.8) is 0 Å². The van der Waals surface area contributed by atoms with Crippen molar-refractivity contribution in [1.29, 1.82) is 0 Å². The molecule has 4 fully saturated rings. The summed E-state index contributed by atoms with van der Waals surface area (Å²) >= 11 is 0. The molecule has 8 N–H and O–H groups in total. The van der Waals surface area contributed by atoms with Crippen LogP contribution in [0.15, 0.2) is 17.3 Å². The third-order valence-corrected chi connectivity index (χ3v) is 5.26. The lowest BCUT2D eigenvalue weighted by atomic mass is 10.2. The Morgan fingerprint density at radius 3 is 1.26 bits per heavy atom. The van der Waals surface area contributed by atoms with Crippen molar-refractivity contribution < 1.29 is 4.74 Å². The van der Waals surface area contributed by atoms with Crippen molar-refractivity contribution in [2.75, 3.05) is 105 Å². The number of morpholine rings is 1. The van der Waals surface area contributed by atoms with Crippen LogP contribution in [-0.2, 0) is 4.74 Å². The predicted octanol–water partition coefficient (Wildman–Crippen LogP) is -0.817. The maximum Gasteiger partial charge on any atom is 0.0825 e. The zero-order chi connectivity index (χ0) is 24.0. The van der Waals surface area contributed by atoms with E-state index in [1.807, 2.05) is 12.3 Å². The van der Waals surface area contributed by atoms with Gasteiger partial charge in [-0.2, -0.15) is 0 Å². The second-order valence-corrected chi connectivity index (χ2v) is 8.36. The zero-order valence-corrected chi connectivity index (χ0v) is 21.4. The highest BCUT2D eigenvalue weighted by Crippen LogP contribution is 1.96. The summed E-state index contributed by atoms with van der Waals surface area (Å²) in [5, 5.41) is 25.1. The highest BCUT2D eigenvalue weighted by molar-refractivity contribution is 5.56. The Balaban J connectivity index is 0.000000204. The fourth-order valence-electron chi connectivity index (χ4n) is 3.30. The fourth-order valence-corrected chi connectivity index (χ4v) is 3.30. The van der Waals surface area contributed by atoms with E-state index in [9.17, 15) is 0 Å². The van der Waals surface area contributed by atoms with Crippen LogP contribution in [-0.4, -0.2) is 111 Å². The summed E-state index contributed by atoms with van der Waals surface area (Å²) in [5.74, 6) is 0. The summed E-state index contributed by atoms with van der Waals surface area (Å²) in [6.07, 6.45) is 12.7. The molecule has 0 aliphatic carbocycles. The molecule has 6 aliphatic rings. The summed E-state index contributed by atoms with van der Waals surface area (Å²) in [7, 11) is 0. The van der Waals surface area contributed by atoms with Crippen molar-refractivity contribution in [1.82, 2.24) is 42.5 Å². The lowest BCUT2D eigenvalue weighted by molar-refractivity contribution is 0.109. The van der Waals surface area contributed by atoms with Crippen LogP contribution in [0.3, 0.4) is 0 Å². The van der Waals surface area contributed by atoms with Gasteiger partial charge in [0, 0.05) is 52.4 Å². The minimum absolute atomic E-state index is 0.889. The van der Waals surface area contributed by atoms with Gasteiger partial charge in [-0.25, -0.2) is 0 Å². The van der Waals surface area contributed by atoms with Gasteiger partial charge in [0.05, 0.1) is 32.8 Å². The lowest BCUT2D eigenvalue weighted by Crippen LogP contribution is -2.39. The number of nitrogens with zero attached hydrogens (tertiary/aromatic N) is 1. The summed E-state index contributed by atoms with van der Waals surface area (Å²) in [4.78, 5) is 3.85. The van der Waals surface area contributed by atoms with Crippen LogP contribution in [0.4, 0.5) is 0 Å². The van der Waals surface area contributed by atoms with Crippen LogP contribution in [0.5, 0.6) is 0 Å². The first kappa shape index (κ1) is 30.8. The smallest absolute Gasteiger partial charge is 0.0825 e. The van der Waals surface area contributed by atoms with Crippen LogP contribution >= 0.6 is 0 Å². The van der Waals surface area contributed by atoms with Gasteiger partial charge in [0.2, 0.25) is 0 Å². The van der Waals surface area contributed by atoms with E-state index in [1.165, 1.54) is 58.3 Å². The van der Waals surface area contributed by atoms with E-state index in [4.69, 9.17) is 4.74 Å². The zero-order valence-electron chi connectivity index (χ0n) is 21.4. The van der Waals surface area contributed by atoms with E-state index in [-0.39, 0.29) is 0 Å². The molecule has 10 nitrogen and oxygen atoms in total. The molecule has 0 aromatic heterocycles. The molecular weight excluding hydrogens is 430 g/mol. The maximum absolute atomic E-state index is 5.01. The van der Waals surface area contributed by atoms with Crippen LogP contribution in [0, 0.1) is 0 Å². The van der Waals surface area contributed by atoms with Crippen molar-refractivity contribution in [3.8, 4) is 0 Å². The van der Waals surface area contributed by atoms with Crippen LogP contribution in [0.2, 0.25) is 0 Å². The van der Waals surface area contributed by atoms with E-state index in [2.05, 4.69) is 47.5 Å². The predicted molar refractivity (Wildman–Crippen MR) is 145 cm³/mol. The standard InChI is InChI=1S/C5H11N.C4H10N2.C4H8N2.C4H9NO.C4H9N.C3H6N2/c1-2-4-6-5-3-1;1-2-6-4-3-5-1;1-2-5-4-6-3-1;1-3-6-4-2-5-1;1-2-4-5-3-1;1-2-5-3-4-1/h6H,1-5H2;5-6H,1-4H2;1-2,5-6H,3-4H2;5H,1-4H2;5H,1-4H2;3H,1-2H2,(H,4,5). The first-order valence-corrected chi connectivity index (χ1v) is 13.4. The average Bonchev–Trinajstić information content (AvgIpc) is 3.74. The summed E-state index contributed by atoms with van der Waals surface area (Å²) in [6.45, 7) is 17.3. The van der Waals surface area contributed by atoms with Gasteiger partial charge in [-0.3, -0.25) is 10.3 Å². The molecule has 0 amide bonds. The summed E-state index contributed by atoms with van der Waals surface area (Å²) < 4.78 is 5.01. The van der Waals surface area contributed by atoms with E-state index < -0.39 is 0 Å². The Morgan fingerprint density at radius 1 is 0.529 bits per heavy atom. The van der Waals surface area contributed by atoms with Gasteiger partial charge in [0.25, 0.3) is 0 Å². The third-order valence-electron chi connectivity index (χ3n) is 5.26. The molecule has 0 spiro atoms. The lowest BCUT2D eigenvalue weighted by Gasteiger charge is -2.11. The number of hydrogen-bond donors (Lipinski definition) is 8. The first-order chi connectivity index (χ1) is 17.0. The van der Waals surface area contributed by atoms with Crippen molar-refractivity contribution in [3.05, 3.63) is 12.3 Å². The molecule has 34 heavy (non-hydrogen) atoms. The molecule has 4 saturated heterocycles. The van der Waals surface area contributed by atoms with Gasteiger partial charge >= 0.3 is 0 Å². The quantitative estimate of drug-likeness (QED) is 0.224. The van der Waals surface area contributed by atoms with Crippen molar-refractivity contribution >= 4 is 6.34 Å². The number of aliphatic imine (C=N–C) groups is 1. The third kappa shape index (κ3) is 25.4. The minimum Gasteiger partial charge on any atom is -0.379 e. The Labute approximate surface area is 208 Å². The maximum atomic E-state index is 5.01. The molecule has 0 unspecified atom stereocenters. The second kappa shape index (κ2) is 28.0. The summed E-state index contributed by atoms with van der Waals surface area (Å²) in [6, 6.07) is 0. The van der Waals surface area contributed by atoms with Gasteiger partial charge in [-0.05, 0) is 58.1 Å². The highest BCUT2D eigenvalue weighted by atomic mass is 16.5. The monoisotopic (exact) mass is 483 g/mol. The molecule has 6 heterocycles. The molecule has 0 aromatic carbocycles. The van der Waals surface area contributed by atoms with Gasteiger partial charge in [0.15, 0.2) is 0 Å². The second-order valence-electron chi connectivity index (χ2n) is 8.36.